The maximum atomic E-state index is 12.2. The van der Waals surface area contributed by atoms with Gasteiger partial charge in [-0.2, -0.15) is 0 Å². The van der Waals surface area contributed by atoms with Gasteiger partial charge < -0.3 is 14.2 Å². The molecule has 0 fully saturated rings. The number of esters is 3. The first-order chi connectivity index (χ1) is 11.0. The molecular formula is C18H32O6. The minimum absolute atomic E-state index is 0.00279. The number of carbonyl (C=O) groups is 3. The molecule has 6 heteroatoms. The highest BCUT2D eigenvalue weighted by atomic mass is 16.6. The Morgan fingerprint density at radius 1 is 0.875 bits per heavy atom. The van der Waals surface area contributed by atoms with Gasteiger partial charge >= 0.3 is 17.9 Å². The fourth-order valence-corrected chi connectivity index (χ4v) is 2.06. The molecular weight excluding hydrogens is 312 g/mol. The fraction of sp³-hybridized carbons (Fsp3) is 0.833. The zero-order valence-electron chi connectivity index (χ0n) is 16.1. The molecule has 0 saturated heterocycles. The Balaban J connectivity index is 4.40. The molecule has 0 N–H and O–H groups in total. The van der Waals surface area contributed by atoms with E-state index in [9.17, 15) is 14.4 Å². The average Bonchev–Trinajstić information content (AvgIpc) is 2.54. The molecule has 0 aromatic heterocycles. The second kappa shape index (κ2) is 9.64. The van der Waals surface area contributed by atoms with Gasteiger partial charge in [0.1, 0.15) is 13.2 Å². The van der Waals surface area contributed by atoms with Gasteiger partial charge in [0.15, 0.2) is 0 Å². The molecule has 0 aliphatic rings. The summed E-state index contributed by atoms with van der Waals surface area (Å²) in [6, 6.07) is 0. The van der Waals surface area contributed by atoms with Crippen molar-refractivity contribution < 1.29 is 28.6 Å². The molecule has 0 aliphatic carbocycles. The number of ether oxygens (including phenoxy) is 3. The van der Waals surface area contributed by atoms with Gasteiger partial charge in [0, 0.05) is 0 Å². The number of methoxy groups -OCH3 is 1. The van der Waals surface area contributed by atoms with E-state index in [1.807, 2.05) is 27.7 Å². The van der Waals surface area contributed by atoms with Crippen LogP contribution in [0, 0.1) is 16.7 Å². The Kier molecular flexibility index (Phi) is 9.01. The molecule has 0 aliphatic heterocycles. The van der Waals surface area contributed by atoms with E-state index in [1.54, 1.807) is 13.8 Å². The molecule has 1 atom stereocenters. The van der Waals surface area contributed by atoms with Crippen molar-refractivity contribution >= 4 is 17.9 Å². The molecule has 24 heavy (non-hydrogen) atoms. The second-order valence-corrected chi connectivity index (χ2v) is 7.23. The molecule has 0 radical (unpaired) electrons. The van der Waals surface area contributed by atoms with E-state index in [2.05, 4.69) is 0 Å². The third-order valence-electron chi connectivity index (χ3n) is 4.32. The van der Waals surface area contributed by atoms with Crippen molar-refractivity contribution in [1.82, 2.24) is 0 Å². The minimum atomic E-state index is -0.818. The monoisotopic (exact) mass is 344 g/mol. The smallest absolute Gasteiger partial charge is 0.311 e. The van der Waals surface area contributed by atoms with Gasteiger partial charge in [-0.1, -0.05) is 13.8 Å². The summed E-state index contributed by atoms with van der Waals surface area (Å²) in [5, 5.41) is 0. The lowest BCUT2D eigenvalue weighted by Crippen LogP contribution is -2.33. The molecule has 6 nitrogen and oxygen atoms in total. The topological polar surface area (TPSA) is 78.9 Å². The molecule has 0 rings (SSSR count). The van der Waals surface area contributed by atoms with Crippen LogP contribution in [0.2, 0.25) is 0 Å². The van der Waals surface area contributed by atoms with E-state index >= 15 is 0 Å². The number of hydrogen-bond acceptors (Lipinski definition) is 6. The van der Waals surface area contributed by atoms with Crippen LogP contribution in [0.15, 0.2) is 0 Å². The quantitative estimate of drug-likeness (QED) is 0.344. The third kappa shape index (κ3) is 6.89. The Labute approximate surface area is 145 Å². The summed E-state index contributed by atoms with van der Waals surface area (Å²) in [6.45, 7) is 10.9. The Hall–Kier alpha value is -1.59. The van der Waals surface area contributed by atoms with Gasteiger partial charge in [-0.3, -0.25) is 14.4 Å². The lowest BCUT2D eigenvalue weighted by Gasteiger charge is -2.26. The maximum absolute atomic E-state index is 12.2. The lowest BCUT2D eigenvalue weighted by molar-refractivity contribution is -0.164. The van der Waals surface area contributed by atoms with Gasteiger partial charge in [0.25, 0.3) is 0 Å². The Morgan fingerprint density at radius 3 is 1.71 bits per heavy atom. The van der Waals surface area contributed by atoms with Gasteiger partial charge in [-0.05, 0) is 47.0 Å². The van der Waals surface area contributed by atoms with Gasteiger partial charge in [-0.15, -0.1) is 0 Å². The van der Waals surface area contributed by atoms with Crippen LogP contribution in [0.1, 0.15) is 60.8 Å². The van der Waals surface area contributed by atoms with Crippen molar-refractivity contribution in [3.63, 3.8) is 0 Å². The van der Waals surface area contributed by atoms with Crippen LogP contribution in [0.5, 0.6) is 0 Å². The van der Waals surface area contributed by atoms with Crippen LogP contribution in [-0.4, -0.2) is 38.2 Å². The van der Waals surface area contributed by atoms with Crippen molar-refractivity contribution in [3.05, 3.63) is 0 Å². The van der Waals surface area contributed by atoms with Crippen LogP contribution in [0.4, 0.5) is 0 Å². The normalized spacial score (nSPS) is 13.1. The van der Waals surface area contributed by atoms with Crippen molar-refractivity contribution in [1.29, 1.82) is 0 Å². The summed E-state index contributed by atoms with van der Waals surface area (Å²) in [5.74, 6) is -1.40. The van der Waals surface area contributed by atoms with Gasteiger partial charge in [-0.25, -0.2) is 0 Å². The fourth-order valence-electron chi connectivity index (χ4n) is 2.06. The standard InChI is InChI=1S/C18H32O6/c1-8-13(14(19)22-7)12-18(5,6)16(21)24-11-10-23-15(20)17(3,4)9-2/h13H,8-12H2,1-7H3. The summed E-state index contributed by atoms with van der Waals surface area (Å²) in [4.78, 5) is 35.7. The van der Waals surface area contributed by atoms with E-state index in [0.29, 0.717) is 19.3 Å². The second-order valence-electron chi connectivity index (χ2n) is 7.23. The van der Waals surface area contributed by atoms with Crippen LogP contribution in [0.25, 0.3) is 0 Å². The minimum Gasteiger partial charge on any atom is -0.469 e. The molecule has 0 heterocycles. The van der Waals surface area contributed by atoms with E-state index in [4.69, 9.17) is 14.2 Å². The molecule has 0 spiro atoms. The van der Waals surface area contributed by atoms with Gasteiger partial charge in [0.05, 0.1) is 23.9 Å². The first-order valence-electron chi connectivity index (χ1n) is 8.44. The predicted molar refractivity (Wildman–Crippen MR) is 90.2 cm³/mol. The maximum Gasteiger partial charge on any atom is 0.311 e. The molecule has 140 valence electrons. The third-order valence-corrected chi connectivity index (χ3v) is 4.32. The highest BCUT2D eigenvalue weighted by molar-refractivity contribution is 5.78. The Morgan fingerprint density at radius 2 is 1.33 bits per heavy atom. The van der Waals surface area contributed by atoms with Crippen molar-refractivity contribution in [3.8, 4) is 0 Å². The SMILES string of the molecule is CCC(CC(C)(C)C(=O)OCCOC(=O)C(C)(C)CC)C(=O)OC. The Bertz CT molecular complexity index is 439. The van der Waals surface area contributed by atoms with E-state index in [-0.39, 0.29) is 31.1 Å². The summed E-state index contributed by atoms with van der Waals surface area (Å²) >= 11 is 0. The van der Waals surface area contributed by atoms with E-state index < -0.39 is 16.8 Å². The molecule has 0 saturated carbocycles. The van der Waals surface area contributed by atoms with Crippen molar-refractivity contribution in [2.24, 2.45) is 16.7 Å². The van der Waals surface area contributed by atoms with Crippen LogP contribution < -0.4 is 0 Å². The average molecular weight is 344 g/mol. The first kappa shape index (κ1) is 22.4. The summed E-state index contributed by atoms with van der Waals surface area (Å²) in [6.07, 6.45) is 1.61. The molecule has 0 amide bonds. The summed E-state index contributed by atoms with van der Waals surface area (Å²) in [5.41, 5.74) is -1.36. The molecule has 0 bridgehead atoms. The van der Waals surface area contributed by atoms with Crippen molar-refractivity contribution in [2.45, 2.75) is 60.8 Å². The highest BCUT2D eigenvalue weighted by Crippen LogP contribution is 2.29. The van der Waals surface area contributed by atoms with E-state index in [1.165, 1.54) is 7.11 Å². The molecule has 0 aromatic carbocycles. The highest BCUT2D eigenvalue weighted by Gasteiger charge is 2.35. The van der Waals surface area contributed by atoms with E-state index in [0.717, 1.165) is 0 Å². The van der Waals surface area contributed by atoms with Crippen LogP contribution in [0.3, 0.4) is 0 Å². The summed E-state index contributed by atoms with van der Waals surface area (Å²) in [7, 11) is 1.34. The zero-order chi connectivity index (χ0) is 19.0. The molecule has 0 aromatic rings. The first-order valence-corrected chi connectivity index (χ1v) is 8.44. The zero-order valence-corrected chi connectivity index (χ0v) is 16.1. The summed E-state index contributed by atoms with van der Waals surface area (Å²) < 4.78 is 15.1. The lowest BCUT2D eigenvalue weighted by atomic mass is 9.81. The van der Waals surface area contributed by atoms with Crippen LogP contribution in [-0.2, 0) is 28.6 Å². The van der Waals surface area contributed by atoms with Gasteiger partial charge in [0.2, 0.25) is 0 Å². The van der Waals surface area contributed by atoms with Crippen LogP contribution >= 0.6 is 0 Å². The number of carbonyl (C=O) groups excluding carboxylic acids is 3. The number of rotatable bonds is 10. The molecule has 1 unspecified atom stereocenters. The van der Waals surface area contributed by atoms with Crippen molar-refractivity contribution in [2.75, 3.05) is 20.3 Å². The number of hydrogen-bond donors (Lipinski definition) is 0. The largest absolute Gasteiger partial charge is 0.469 e. The predicted octanol–water partition coefficient (Wildman–Crippen LogP) is 3.12.